The molecule has 0 aliphatic rings. The molecule has 98 valence electrons. The third kappa shape index (κ3) is 3.03. The number of nitrogens with two attached hydrogens (primary N) is 1. The molecule has 0 unspecified atom stereocenters. The van der Waals surface area contributed by atoms with Gasteiger partial charge in [-0.3, -0.25) is 0 Å². The fraction of sp³-hybridized carbons (Fsp3) is 0.143. The summed E-state index contributed by atoms with van der Waals surface area (Å²) in [4.78, 5) is 4.42. The number of aromatic nitrogens is 1. The van der Waals surface area contributed by atoms with E-state index in [0.29, 0.717) is 22.2 Å². The van der Waals surface area contributed by atoms with Gasteiger partial charge in [0, 0.05) is 6.20 Å². The predicted molar refractivity (Wildman–Crippen MR) is 81.1 cm³/mol. The van der Waals surface area contributed by atoms with Gasteiger partial charge < -0.3 is 10.5 Å². The maximum atomic E-state index is 6.13. The first kappa shape index (κ1) is 13.8. The Morgan fingerprint density at radius 1 is 1.32 bits per heavy atom. The monoisotopic (exact) mass is 292 g/mol. The van der Waals surface area contributed by atoms with Gasteiger partial charge in [-0.05, 0) is 43.2 Å². The van der Waals surface area contributed by atoms with Crippen LogP contribution in [0.5, 0.6) is 11.6 Å². The molecule has 0 fully saturated rings. The zero-order valence-corrected chi connectivity index (χ0v) is 12.2. The SMILES string of the molecule is Cc1ccc(Oc2nccc(C)c2C(N)=S)c(Cl)c1. The molecular weight excluding hydrogens is 280 g/mol. The summed E-state index contributed by atoms with van der Waals surface area (Å²) in [5.41, 5.74) is 8.32. The number of hydrogen-bond acceptors (Lipinski definition) is 3. The number of nitrogens with zero attached hydrogens (tertiary/aromatic N) is 1. The third-order valence-corrected chi connectivity index (χ3v) is 3.16. The lowest BCUT2D eigenvalue weighted by molar-refractivity contribution is 0.461. The van der Waals surface area contributed by atoms with Gasteiger partial charge in [0.25, 0.3) is 0 Å². The molecule has 0 bridgehead atoms. The van der Waals surface area contributed by atoms with Gasteiger partial charge in [-0.1, -0.05) is 29.9 Å². The van der Waals surface area contributed by atoms with Gasteiger partial charge in [-0.2, -0.15) is 0 Å². The largest absolute Gasteiger partial charge is 0.437 e. The maximum absolute atomic E-state index is 6.13. The van der Waals surface area contributed by atoms with E-state index in [2.05, 4.69) is 4.98 Å². The maximum Gasteiger partial charge on any atom is 0.229 e. The van der Waals surface area contributed by atoms with Crippen molar-refractivity contribution in [3.63, 3.8) is 0 Å². The minimum Gasteiger partial charge on any atom is -0.437 e. The summed E-state index contributed by atoms with van der Waals surface area (Å²) in [7, 11) is 0. The van der Waals surface area contributed by atoms with E-state index >= 15 is 0 Å². The fourth-order valence-corrected chi connectivity index (χ4v) is 2.23. The van der Waals surface area contributed by atoms with Gasteiger partial charge in [-0.25, -0.2) is 4.98 Å². The summed E-state index contributed by atoms with van der Waals surface area (Å²) in [6.07, 6.45) is 1.65. The van der Waals surface area contributed by atoms with Gasteiger partial charge in [0.2, 0.25) is 5.88 Å². The van der Waals surface area contributed by atoms with Crippen molar-refractivity contribution in [2.75, 3.05) is 0 Å². The van der Waals surface area contributed by atoms with Crippen molar-refractivity contribution in [3.8, 4) is 11.6 Å². The molecule has 19 heavy (non-hydrogen) atoms. The fourth-order valence-electron chi connectivity index (χ4n) is 1.70. The molecule has 5 heteroatoms. The van der Waals surface area contributed by atoms with E-state index in [1.54, 1.807) is 12.3 Å². The van der Waals surface area contributed by atoms with E-state index in [0.717, 1.165) is 11.1 Å². The third-order valence-electron chi connectivity index (χ3n) is 2.66. The Morgan fingerprint density at radius 2 is 2.05 bits per heavy atom. The van der Waals surface area contributed by atoms with E-state index in [9.17, 15) is 0 Å². The van der Waals surface area contributed by atoms with E-state index in [1.807, 2.05) is 32.0 Å². The summed E-state index contributed by atoms with van der Waals surface area (Å²) >= 11 is 11.2. The van der Waals surface area contributed by atoms with Crippen molar-refractivity contribution in [1.82, 2.24) is 4.98 Å². The van der Waals surface area contributed by atoms with Crippen LogP contribution in [0.3, 0.4) is 0 Å². The molecule has 0 spiro atoms. The van der Waals surface area contributed by atoms with Crippen LogP contribution < -0.4 is 10.5 Å². The van der Waals surface area contributed by atoms with Crippen molar-refractivity contribution < 1.29 is 4.74 Å². The van der Waals surface area contributed by atoms with Gasteiger partial charge in [0.05, 0.1) is 10.6 Å². The Labute approximate surface area is 122 Å². The zero-order chi connectivity index (χ0) is 14.0. The molecule has 0 saturated carbocycles. The summed E-state index contributed by atoms with van der Waals surface area (Å²) in [6, 6.07) is 7.37. The summed E-state index contributed by atoms with van der Waals surface area (Å²) < 4.78 is 5.73. The first-order chi connectivity index (χ1) is 8.99. The highest BCUT2D eigenvalue weighted by Gasteiger charge is 2.13. The average Bonchev–Trinajstić information content (AvgIpc) is 2.32. The predicted octanol–water partition coefficient (Wildman–Crippen LogP) is 3.78. The Morgan fingerprint density at radius 3 is 2.68 bits per heavy atom. The minimum atomic E-state index is 0.254. The van der Waals surface area contributed by atoms with Gasteiger partial charge >= 0.3 is 0 Å². The van der Waals surface area contributed by atoms with Crippen LogP contribution in [0.1, 0.15) is 16.7 Å². The molecule has 0 saturated heterocycles. The molecule has 2 aromatic rings. The second-order valence-electron chi connectivity index (χ2n) is 4.21. The lowest BCUT2D eigenvalue weighted by atomic mass is 10.1. The highest BCUT2D eigenvalue weighted by Crippen LogP contribution is 2.31. The van der Waals surface area contributed by atoms with E-state index in [4.69, 9.17) is 34.3 Å². The van der Waals surface area contributed by atoms with Crippen LogP contribution in [0.15, 0.2) is 30.5 Å². The molecule has 0 aliphatic heterocycles. The Bertz CT molecular complexity index is 643. The molecule has 1 aromatic carbocycles. The topological polar surface area (TPSA) is 48.1 Å². The Kier molecular flexibility index (Phi) is 4.02. The zero-order valence-electron chi connectivity index (χ0n) is 10.6. The number of benzene rings is 1. The highest BCUT2D eigenvalue weighted by molar-refractivity contribution is 7.80. The number of halogens is 1. The summed E-state index contributed by atoms with van der Waals surface area (Å²) in [5, 5.41) is 0.525. The first-order valence-corrected chi connectivity index (χ1v) is 6.47. The smallest absolute Gasteiger partial charge is 0.229 e. The van der Waals surface area contributed by atoms with Crippen molar-refractivity contribution >= 4 is 28.8 Å². The molecule has 0 radical (unpaired) electrons. The quantitative estimate of drug-likeness (QED) is 0.875. The van der Waals surface area contributed by atoms with Crippen LogP contribution in [0, 0.1) is 13.8 Å². The van der Waals surface area contributed by atoms with Crippen LogP contribution in [0.2, 0.25) is 5.02 Å². The van der Waals surface area contributed by atoms with Crippen LogP contribution >= 0.6 is 23.8 Å². The second-order valence-corrected chi connectivity index (χ2v) is 5.06. The molecule has 1 heterocycles. The first-order valence-electron chi connectivity index (χ1n) is 5.68. The Hall–Kier alpha value is -1.65. The lowest BCUT2D eigenvalue weighted by Crippen LogP contribution is -2.13. The summed E-state index contributed by atoms with van der Waals surface area (Å²) in [5.74, 6) is 0.904. The van der Waals surface area contributed by atoms with Crippen LogP contribution in [-0.4, -0.2) is 9.97 Å². The molecule has 2 N–H and O–H groups in total. The van der Waals surface area contributed by atoms with Crippen molar-refractivity contribution in [1.29, 1.82) is 0 Å². The molecule has 0 aliphatic carbocycles. The standard InChI is InChI=1S/C14H13ClN2OS/c1-8-3-4-11(10(15)7-8)18-14-12(13(16)19)9(2)5-6-17-14/h3-7H,1-2H3,(H2,16,19). The van der Waals surface area contributed by atoms with Crippen molar-refractivity contribution in [2.24, 2.45) is 5.73 Å². The van der Waals surface area contributed by atoms with Crippen LogP contribution in [0.4, 0.5) is 0 Å². The van der Waals surface area contributed by atoms with E-state index < -0.39 is 0 Å². The highest BCUT2D eigenvalue weighted by atomic mass is 35.5. The van der Waals surface area contributed by atoms with E-state index in [-0.39, 0.29) is 4.99 Å². The number of pyridine rings is 1. The van der Waals surface area contributed by atoms with E-state index in [1.165, 1.54) is 0 Å². The second kappa shape index (κ2) is 5.55. The van der Waals surface area contributed by atoms with Crippen LogP contribution in [0.25, 0.3) is 0 Å². The molecular formula is C14H13ClN2OS. The molecule has 0 atom stereocenters. The van der Waals surface area contributed by atoms with Gasteiger partial charge in [-0.15, -0.1) is 0 Å². The molecule has 0 amide bonds. The van der Waals surface area contributed by atoms with Crippen molar-refractivity contribution in [3.05, 3.63) is 52.2 Å². The molecule has 1 aromatic heterocycles. The minimum absolute atomic E-state index is 0.254. The van der Waals surface area contributed by atoms with Gasteiger partial charge in [0.15, 0.2) is 0 Å². The number of ether oxygens (including phenoxy) is 1. The summed E-state index contributed by atoms with van der Waals surface area (Å²) in [6.45, 7) is 3.86. The molecule has 2 rings (SSSR count). The lowest BCUT2D eigenvalue weighted by Gasteiger charge is -2.12. The number of rotatable bonds is 3. The Balaban J connectivity index is 2.44. The average molecular weight is 293 g/mol. The number of hydrogen-bond donors (Lipinski definition) is 1. The number of aryl methyl sites for hydroxylation is 2. The van der Waals surface area contributed by atoms with Crippen LogP contribution in [-0.2, 0) is 0 Å². The normalized spacial score (nSPS) is 10.3. The number of thiocarbonyl (C=S) groups is 1. The molecule has 3 nitrogen and oxygen atoms in total. The van der Waals surface area contributed by atoms with Gasteiger partial charge in [0.1, 0.15) is 10.7 Å². The van der Waals surface area contributed by atoms with Crippen molar-refractivity contribution in [2.45, 2.75) is 13.8 Å².